The van der Waals surface area contributed by atoms with Crippen molar-refractivity contribution in [1.29, 1.82) is 0 Å². The first-order chi connectivity index (χ1) is 12.4. The fraction of sp³-hybridized carbons (Fsp3) is 0.438. The van der Waals surface area contributed by atoms with Crippen molar-refractivity contribution >= 4 is 5.96 Å². The second-order valence-electron chi connectivity index (χ2n) is 5.30. The number of ether oxygens (including phenoxy) is 1. The van der Waals surface area contributed by atoms with Crippen molar-refractivity contribution in [3.8, 4) is 5.75 Å². The van der Waals surface area contributed by atoms with Gasteiger partial charge in [0.1, 0.15) is 31.1 Å². The molecule has 1 aromatic heterocycles. The van der Waals surface area contributed by atoms with Crippen LogP contribution in [0, 0.1) is 0 Å². The summed E-state index contributed by atoms with van der Waals surface area (Å²) in [5, 5.41) is 10.1. The van der Waals surface area contributed by atoms with E-state index in [1.54, 1.807) is 11.7 Å². The van der Waals surface area contributed by atoms with Gasteiger partial charge in [-0.3, -0.25) is 4.68 Å². The van der Waals surface area contributed by atoms with Crippen LogP contribution in [-0.4, -0.2) is 40.4 Å². The molecule has 0 atom stereocenters. The lowest BCUT2D eigenvalue weighted by atomic mass is 10.2. The maximum Gasteiger partial charge on any atom is 0.416 e. The summed E-state index contributed by atoms with van der Waals surface area (Å²) in [6.45, 7) is 3.51. The first-order valence-electron chi connectivity index (χ1n) is 8.05. The molecule has 10 heteroatoms. The molecule has 0 aliphatic carbocycles. The molecule has 7 nitrogen and oxygen atoms in total. The largest absolute Gasteiger partial charge is 0.492 e. The monoisotopic (exact) mass is 370 g/mol. The van der Waals surface area contributed by atoms with Gasteiger partial charge in [0.2, 0.25) is 0 Å². The highest BCUT2D eigenvalue weighted by Gasteiger charge is 2.30. The van der Waals surface area contributed by atoms with E-state index < -0.39 is 11.7 Å². The summed E-state index contributed by atoms with van der Waals surface area (Å²) in [6, 6.07) is 4.79. The number of hydrogen-bond acceptors (Lipinski definition) is 4. The first-order valence-corrected chi connectivity index (χ1v) is 8.05. The van der Waals surface area contributed by atoms with Gasteiger partial charge in [0.05, 0.1) is 12.1 Å². The van der Waals surface area contributed by atoms with E-state index in [0.717, 1.165) is 12.1 Å². The van der Waals surface area contributed by atoms with Crippen molar-refractivity contribution in [2.45, 2.75) is 19.6 Å². The number of aromatic nitrogens is 3. The Balaban J connectivity index is 1.83. The zero-order valence-corrected chi connectivity index (χ0v) is 14.5. The predicted octanol–water partition coefficient (Wildman–Crippen LogP) is 1.97. The smallest absolute Gasteiger partial charge is 0.416 e. The molecular formula is C16H21F3N6O. The van der Waals surface area contributed by atoms with Crippen molar-refractivity contribution in [2.75, 3.05) is 19.7 Å². The van der Waals surface area contributed by atoms with Gasteiger partial charge >= 0.3 is 6.18 Å². The highest BCUT2D eigenvalue weighted by Crippen LogP contribution is 2.31. The molecule has 0 saturated carbocycles. The van der Waals surface area contributed by atoms with Crippen molar-refractivity contribution < 1.29 is 17.9 Å². The number of nitrogens with one attached hydrogen (secondary N) is 2. The van der Waals surface area contributed by atoms with Crippen LogP contribution in [0.3, 0.4) is 0 Å². The Morgan fingerprint density at radius 1 is 1.31 bits per heavy atom. The molecule has 0 radical (unpaired) electrons. The van der Waals surface area contributed by atoms with Gasteiger partial charge in [-0.1, -0.05) is 6.07 Å². The minimum Gasteiger partial charge on any atom is -0.492 e. The molecule has 0 amide bonds. The number of aliphatic imine (C=N–C) groups is 1. The number of benzene rings is 1. The summed E-state index contributed by atoms with van der Waals surface area (Å²) in [6.07, 6.45) is -2.93. The van der Waals surface area contributed by atoms with Crippen LogP contribution in [0.1, 0.15) is 18.3 Å². The number of halogens is 3. The summed E-state index contributed by atoms with van der Waals surface area (Å²) in [7, 11) is 1.78. The molecule has 0 aliphatic rings. The molecule has 0 fully saturated rings. The van der Waals surface area contributed by atoms with Gasteiger partial charge in [-0.15, -0.1) is 0 Å². The van der Waals surface area contributed by atoms with Crippen LogP contribution in [0.15, 0.2) is 35.6 Å². The molecule has 1 aromatic carbocycles. The van der Waals surface area contributed by atoms with Gasteiger partial charge in [-0.25, -0.2) is 9.98 Å². The number of nitrogens with zero attached hydrogens (tertiary/aromatic N) is 4. The normalized spacial score (nSPS) is 12.1. The molecule has 0 spiro atoms. The quantitative estimate of drug-likeness (QED) is 0.443. The van der Waals surface area contributed by atoms with E-state index >= 15 is 0 Å². The molecule has 0 bridgehead atoms. The minimum atomic E-state index is -4.39. The lowest BCUT2D eigenvalue weighted by Crippen LogP contribution is -2.39. The van der Waals surface area contributed by atoms with Gasteiger partial charge in [-0.2, -0.15) is 18.3 Å². The van der Waals surface area contributed by atoms with E-state index in [0.29, 0.717) is 31.4 Å². The third kappa shape index (κ3) is 5.94. The van der Waals surface area contributed by atoms with Gasteiger partial charge in [0.15, 0.2) is 5.96 Å². The van der Waals surface area contributed by atoms with Gasteiger partial charge in [0, 0.05) is 13.6 Å². The molecular weight excluding hydrogens is 349 g/mol. The van der Waals surface area contributed by atoms with Gasteiger partial charge in [0.25, 0.3) is 0 Å². The lowest BCUT2D eigenvalue weighted by Gasteiger charge is -2.13. The maximum atomic E-state index is 12.7. The summed E-state index contributed by atoms with van der Waals surface area (Å²) in [5.74, 6) is 1.44. The Labute approximate surface area is 149 Å². The number of hydrogen-bond donors (Lipinski definition) is 2. The highest BCUT2D eigenvalue weighted by molar-refractivity contribution is 5.79. The van der Waals surface area contributed by atoms with E-state index in [-0.39, 0.29) is 12.4 Å². The second kappa shape index (κ2) is 9.07. The fourth-order valence-corrected chi connectivity index (χ4v) is 2.06. The molecule has 0 saturated heterocycles. The number of guanidine groups is 1. The Hall–Kier alpha value is -2.78. The van der Waals surface area contributed by atoms with E-state index in [1.807, 2.05) is 6.92 Å². The molecule has 26 heavy (non-hydrogen) atoms. The third-order valence-corrected chi connectivity index (χ3v) is 3.35. The standard InChI is InChI=1S/C16H21F3N6O/c1-3-20-15(22-10-14-23-11-24-25(14)2)21-7-8-26-13-6-4-5-12(9-13)16(17,18)19/h4-6,9,11H,3,7-8,10H2,1-2H3,(H2,20,21,22). The Morgan fingerprint density at radius 2 is 2.12 bits per heavy atom. The molecule has 1 heterocycles. The van der Waals surface area contributed by atoms with Crippen LogP contribution in [0.5, 0.6) is 5.75 Å². The topological polar surface area (TPSA) is 76.4 Å². The van der Waals surface area contributed by atoms with E-state index in [4.69, 9.17) is 4.74 Å². The van der Waals surface area contributed by atoms with Crippen molar-refractivity contribution in [1.82, 2.24) is 25.4 Å². The molecule has 0 unspecified atom stereocenters. The van der Waals surface area contributed by atoms with Gasteiger partial charge < -0.3 is 15.4 Å². The van der Waals surface area contributed by atoms with Crippen LogP contribution in [-0.2, 0) is 19.8 Å². The maximum absolute atomic E-state index is 12.7. The first kappa shape index (κ1) is 19.5. The van der Waals surface area contributed by atoms with Gasteiger partial charge in [-0.05, 0) is 25.1 Å². The minimum absolute atomic E-state index is 0.169. The summed E-state index contributed by atoms with van der Waals surface area (Å²) in [4.78, 5) is 8.46. The fourth-order valence-electron chi connectivity index (χ4n) is 2.06. The Kier molecular flexibility index (Phi) is 6.81. The molecule has 2 rings (SSSR count). The summed E-state index contributed by atoms with van der Waals surface area (Å²) >= 11 is 0. The van der Waals surface area contributed by atoms with Crippen LogP contribution in [0.25, 0.3) is 0 Å². The Bertz CT molecular complexity index is 729. The third-order valence-electron chi connectivity index (χ3n) is 3.35. The average Bonchev–Trinajstić information content (AvgIpc) is 3.01. The highest BCUT2D eigenvalue weighted by atomic mass is 19.4. The van der Waals surface area contributed by atoms with Crippen LogP contribution >= 0.6 is 0 Å². The van der Waals surface area contributed by atoms with Crippen LogP contribution in [0.4, 0.5) is 13.2 Å². The molecule has 2 aromatic rings. The predicted molar refractivity (Wildman–Crippen MR) is 90.8 cm³/mol. The number of aryl methyl sites for hydroxylation is 1. The molecule has 142 valence electrons. The zero-order valence-electron chi connectivity index (χ0n) is 14.5. The Morgan fingerprint density at radius 3 is 2.77 bits per heavy atom. The van der Waals surface area contributed by atoms with E-state index in [9.17, 15) is 13.2 Å². The molecule has 0 aliphatic heterocycles. The van der Waals surface area contributed by atoms with E-state index in [1.165, 1.54) is 18.5 Å². The summed E-state index contributed by atoms with van der Waals surface area (Å²) in [5.41, 5.74) is -0.735. The zero-order chi connectivity index (χ0) is 19.0. The van der Waals surface area contributed by atoms with Crippen LogP contribution < -0.4 is 15.4 Å². The SMILES string of the molecule is CCNC(=NCc1ncnn1C)NCCOc1cccc(C(F)(F)F)c1. The molecule has 2 N–H and O–H groups in total. The second-order valence-corrected chi connectivity index (χ2v) is 5.30. The number of alkyl halides is 3. The van der Waals surface area contributed by atoms with E-state index in [2.05, 4.69) is 25.7 Å². The van der Waals surface area contributed by atoms with Crippen molar-refractivity contribution in [3.63, 3.8) is 0 Å². The summed E-state index contributed by atoms with van der Waals surface area (Å²) < 4.78 is 45.0. The number of rotatable bonds is 7. The lowest BCUT2D eigenvalue weighted by molar-refractivity contribution is -0.137. The average molecular weight is 370 g/mol. The van der Waals surface area contributed by atoms with Crippen molar-refractivity contribution in [2.24, 2.45) is 12.0 Å². The van der Waals surface area contributed by atoms with Crippen LogP contribution in [0.2, 0.25) is 0 Å². The van der Waals surface area contributed by atoms with Crippen molar-refractivity contribution in [3.05, 3.63) is 42.0 Å².